The highest BCUT2D eigenvalue weighted by atomic mass is 127. The Morgan fingerprint density at radius 2 is 1.71 bits per heavy atom. The van der Waals surface area contributed by atoms with Crippen LogP contribution in [0.4, 0.5) is 10.1 Å². The standard InChI is InChI=1S/C22H29FN4O3.HI/c1-5-29-19-12-7-16(13-20(19)30-6-2)15(3)26-22(24-4)25-14-21(28)27-18-10-8-17(23)9-11-18;/h7-13,15H,5-6,14H2,1-4H3,(H,27,28)(H2,24,25,26);1H. The van der Waals surface area contributed by atoms with Gasteiger partial charge in [-0.3, -0.25) is 9.79 Å². The Labute approximate surface area is 199 Å². The summed E-state index contributed by atoms with van der Waals surface area (Å²) in [7, 11) is 1.63. The number of guanidine groups is 1. The first-order valence-electron chi connectivity index (χ1n) is 9.88. The number of anilines is 1. The van der Waals surface area contributed by atoms with Crippen LogP contribution in [-0.4, -0.2) is 38.7 Å². The van der Waals surface area contributed by atoms with Gasteiger partial charge in [-0.15, -0.1) is 24.0 Å². The Morgan fingerprint density at radius 3 is 2.32 bits per heavy atom. The molecule has 7 nitrogen and oxygen atoms in total. The van der Waals surface area contributed by atoms with Gasteiger partial charge in [0.05, 0.1) is 25.8 Å². The fourth-order valence-electron chi connectivity index (χ4n) is 2.72. The molecule has 0 saturated carbocycles. The molecule has 31 heavy (non-hydrogen) atoms. The first-order valence-corrected chi connectivity index (χ1v) is 9.88. The van der Waals surface area contributed by atoms with Crippen molar-refractivity contribution in [2.24, 2.45) is 4.99 Å². The van der Waals surface area contributed by atoms with Gasteiger partial charge in [-0.05, 0) is 62.7 Å². The second-order valence-corrected chi connectivity index (χ2v) is 6.42. The highest BCUT2D eigenvalue weighted by Gasteiger charge is 2.13. The van der Waals surface area contributed by atoms with Crippen molar-refractivity contribution in [3.8, 4) is 11.5 Å². The molecule has 0 spiro atoms. The number of nitrogens with one attached hydrogen (secondary N) is 3. The number of hydrogen-bond donors (Lipinski definition) is 3. The lowest BCUT2D eigenvalue weighted by molar-refractivity contribution is -0.115. The molecule has 2 aromatic rings. The molecule has 0 aromatic heterocycles. The van der Waals surface area contributed by atoms with Gasteiger partial charge in [0.15, 0.2) is 17.5 Å². The molecule has 0 aliphatic carbocycles. The van der Waals surface area contributed by atoms with Crippen molar-refractivity contribution in [1.82, 2.24) is 10.6 Å². The van der Waals surface area contributed by atoms with E-state index in [9.17, 15) is 9.18 Å². The molecule has 9 heteroatoms. The van der Waals surface area contributed by atoms with E-state index >= 15 is 0 Å². The molecule has 1 atom stereocenters. The summed E-state index contributed by atoms with van der Waals surface area (Å²) in [6.07, 6.45) is 0. The summed E-state index contributed by atoms with van der Waals surface area (Å²) in [5.74, 6) is 1.24. The number of nitrogens with zero attached hydrogens (tertiary/aromatic N) is 1. The van der Waals surface area contributed by atoms with Crippen LogP contribution < -0.4 is 25.4 Å². The minimum absolute atomic E-state index is 0. The van der Waals surface area contributed by atoms with Crippen LogP contribution in [-0.2, 0) is 4.79 Å². The lowest BCUT2D eigenvalue weighted by Crippen LogP contribution is -2.42. The van der Waals surface area contributed by atoms with Crippen molar-refractivity contribution >= 4 is 41.5 Å². The highest BCUT2D eigenvalue weighted by Crippen LogP contribution is 2.30. The van der Waals surface area contributed by atoms with Crippen molar-refractivity contribution in [2.75, 3.05) is 32.1 Å². The number of carbonyl (C=O) groups is 1. The summed E-state index contributed by atoms with van der Waals surface area (Å²) >= 11 is 0. The van der Waals surface area contributed by atoms with E-state index in [2.05, 4.69) is 20.9 Å². The summed E-state index contributed by atoms with van der Waals surface area (Å²) in [5.41, 5.74) is 1.51. The Hall–Kier alpha value is -2.56. The predicted octanol–water partition coefficient (Wildman–Crippen LogP) is 4.11. The minimum atomic E-state index is -0.355. The summed E-state index contributed by atoms with van der Waals surface area (Å²) < 4.78 is 24.2. The fraction of sp³-hybridized carbons (Fsp3) is 0.364. The van der Waals surface area contributed by atoms with Crippen molar-refractivity contribution in [3.05, 3.63) is 53.8 Å². The molecule has 0 aliphatic heterocycles. The molecule has 0 bridgehead atoms. The smallest absolute Gasteiger partial charge is 0.243 e. The molecule has 0 fully saturated rings. The van der Waals surface area contributed by atoms with Gasteiger partial charge in [-0.25, -0.2) is 4.39 Å². The predicted molar refractivity (Wildman–Crippen MR) is 132 cm³/mol. The molecular formula is C22H30FIN4O3. The number of carbonyl (C=O) groups excluding carboxylic acids is 1. The van der Waals surface area contributed by atoms with E-state index in [0.717, 1.165) is 5.56 Å². The van der Waals surface area contributed by atoms with Crippen LogP contribution in [0.2, 0.25) is 0 Å². The van der Waals surface area contributed by atoms with Crippen LogP contribution in [0.1, 0.15) is 32.4 Å². The van der Waals surface area contributed by atoms with E-state index < -0.39 is 0 Å². The third-order valence-electron chi connectivity index (χ3n) is 4.19. The third-order valence-corrected chi connectivity index (χ3v) is 4.19. The molecule has 0 aliphatic rings. The highest BCUT2D eigenvalue weighted by molar-refractivity contribution is 14.0. The van der Waals surface area contributed by atoms with E-state index in [1.807, 2.05) is 39.0 Å². The maximum absolute atomic E-state index is 12.9. The topological polar surface area (TPSA) is 84.0 Å². The number of aliphatic imine (C=N–C) groups is 1. The molecule has 0 heterocycles. The number of halogens is 2. The summed E-state index contributed by atoms with van der Waals surface area (Å²) in [4.78, 5) is 16.3. The fourth-order valence-corrected chi connectivity index (χ4v) is 2.72. The largest absolute Gasteiger partial charge is 0.490 e. The van der Waals surface area contributed by atoms with E-state index in [4.69, 9.17) is 9.47 Å². The van der Waals surface area contributed by atoms with Crippen LogP contribution in [0.25, 0.3) is 0 Å². The van der Waals surface area contributed by atoms with Gasteiger partial charge >= 0.3 is 0 Å². The van der Waals surface area contributed by atoms with Crippen molar-refractivity contribution in [3.63, 3.8) is 0 Å². The van der Waals surface area contributed by atoms with E-state index in [1.54, 1.807) is 7.05 Å². The molecule has 2 rings (SSSR count). The monoisotopic (exact) mass is 544 g/mol. The zero-order valence-corrected chi connectivity index (χ0v) is 20.5. The van der Waals surface area contributed by atoms with E-state index in [1.165, 1.54) is 24.3 Å². The Morgan fingerprint density at radius 1 is 1.06 bits per heavy atom. The molecule has 1 amide bonds. The molecule has 170 valence electrons. The van der Waals surface area contributed by atoms with E-state index in [0.29, 0.717) is 36.4 Å². The van der Waals surface area contributed by atoms with Crippen LogP contribution in [0.3, 0.4) is 0 Å². The Balaban J connectivity index is 0.00000480. The molecule has 1 unspecified atom stereocenters. The maximum Gasteiger partial charge on any atom is 0.243 e. The summed E-state index contributed by atoms with van der Waals surface area (Å²) in [5, 5.41) is 8.91. The average Bonchev–Trinajstić information content (AvgIpc) is 2.74. The van der Waals surface area contributed by atoms with Crippen molar-refractivity contribution in [1.29, 1.82) is 0 Å². The second kappa shape index (κ2) is 13.7. The SMILES string of the molecule is CCOc1ccc(C(C)NC(=NC)NCC(=O)Nc2ccc(F)cc2)cc1OCC.I. The molecule has 2 aromatic carbocycles. The third kappa shape index (κ3) is 8.60. The average molecular weight is 544 g/mol. The van der Waals surface area contributed by atoms with Crippen molar-refractivity contribution in [2.45, 2.75) is 26.8 Å². The summed E-state index contributed by atoms with van der Waals surface area (Å²) in [6, 6.07) is 11.3. The van der Waals surface area contributed by atoms with Gasteiger partial charge < -0.3 is 25.4 Å². The molecular weight excluding hydrogens is 514 g/mol. The lowest BCUT2D eigenvalue weighted by atomic mass is 10.1. The Kier molecular flexibility index (Phi) is 11.7. The zero-order chi connectivity index (χ0) is 21.9. The van der Waals surface area contributed by atoms with Gasteiger partial charge in [0, 0.05) is 12.7 Å². The van der Waals surface area contributed by atoms with Gasteiger partial charge in [0.1, 0.15) is 5.82 Å². The quantitative estimate of drug-likeness (QED) is 0.252. The van der Waals surface area contributed by atoms with Crippen LogP contribution in [0.15, 0.2) is 47.5 Å². The van der Waals surface area contributed by atoms with Gasteiger partial charge in [0.25, 0.3) is 0 Å². The number of hydrogen-bond acceptors (Lipinski definition) is 4. The first-order chi connectivity index (χ1) is 14.5. The zero-order valence-electron chi connectivity index (χ0n) is 18.2. The number of benzene rings is 2. The minimum Gasteiger partial charge on any atom is -0.490 e. The van der Waals surface area contributed by atoms with Gasteiger partial charge in [-0.1, -0.05) is 6.07 Å². The van der Waals surface area contributed by atoms with Crippen LogP contribution >= 0.6 is 24.0 Å². The second-order valence-electron chi connectivity index (χ2n) is 6.42. The first kappa shape index (κ1) is 26.5. The number of rotatable bonds is 9. The van der Waals surface area contributed by atoms with Crippen molar-refractivity contribution < 1.29 is 18.7 Å². The molecule has 3 N–H and O–H groups in total. The summed E-state index contributed by atoms with van der Waals surface area (Å²) in [6.45, 7) is 6.94. The Bertz CT molecular complexity index is 862. The van der Waals surface area contributed by atoms with Gasteiger partial charge in [-0.2, -0.15) is 0 Å². The maximum atomic E-state index is 12.9. The number of amides is 1. The lowest BCUT2D eigenvalue weighted by Gasteiger charge is -2.20. The normalized spacial score (nSPS) is 11.7. The number of ether oxygens (including phenoxy) is 2. The van der Waals surface area contributed by atoms with Gasteiger partial charge in [0.2, 0.25) is 5.91 Å². The van der Waals surface area contributed by atoms with Crippen LogP contribution in [0.5, 0.6) is 11.5 Å². The van der Waals surface area contributed by atoms with Crippen LogP contribution in [0, 0.1) is 5.82 Å². The molecule has 0 radical (unpaired) electrons. The van der Waals surface area contributed by atoms with E-state index in [-0.39, 0.29) is 48.3 Å². The molecule has 0 saturated heterocycles.